The molecule has 7 nitrogen and oxygen atoms in total. The number of carbonyl (C=O) groups is 3. The van der Waals surface area contributed by atoms with E-state index in [-0.39, 0.29) is 18.9 Å². The highest BCUT2D eigenvalue weighted by atomic mass is 32.2. The van der Waals surface area contributed by atoms with Crippen LogP contribution in [-0.4, -0.2) is 46.1 Å². The van der Waals surface area contributed by atoms with Gasteiger partial charge < -0.3 is 21.5 Å². The molecule has 0 bridgehead atoms. The number of urea groups is 1. The van der Waals surface area contributed by atoms with Crippen LogP contribution in [0.15, 0.2) is 0 Å². The van der Waals surface area contributed by atoms with E-state index in [1.54, 1.807) is 0 Å². The second-order valence-corrected chi connectivity index (χ2v) is 6.56. The molecule has 0 radical (unpaired) electrons. The van der Waals surface area contributed by atoms with Gasteiger partial charge in [-0.1, -0.05) is 13.3 Å². The van der Waals surface area contributed by atoms with Crippen molar-refractivity contribution >= 4 is 29.7 Å². The molecule has 21 heavy (non-hydrogen) atoms. The van der Waals surface area contributed by atoms with Gasteiger partial charge in [-0.15, -0.1) is 0 Å². The summed E-state index contributed by atoms with van der Waals surface area (Å²) in [6, 6.07) is -1.53. The van der Waals surface area contributed by atoms with E-state index in [1.165, 1.54) is 0 Å². The first-order valence-corrected chi connectivity index (χ1v) is 8.18. The van der Waals surface area contributed by atoms with Gasteiger partial charge in [-0.3, -0.25) is 4.79 Å². The quantitative estimate of drug-likeness (QED) is 0.524. The van der Waals surface area contributed by atoms with E-state index in [0.29, 0.717) is 5.25 Å². The van der Waals surface area contributed by atoms with Crippen molar-refractivity contribution in [2.45, 2.75) is 56.4 Å². The molecule has 0 aromatic rings. The number of nitrogens with two attached hydrogens (primary N) is 1. The minimum absolute atomic E-state index is 0.00408. The van der Waals surface area contributed by atoms with Gasteiger partial charge in [-0.2, -0.15) is 11.8 Å². The van der Waals surface area contributed by atoms with Crippen molar-refractivity contribution in [2.24, 2.45) is 5.73 Å². The predicted octanol–water partition coefficient (Wildman–Crippen LogP) is 0.679. The Labute approximate surface area is 128 Å². The van der Waals surface area contributed by atoms with Crippen molar-refractivity contribution in [1.82, 2.24) is 10.6 Å². The Kier molecular flexibility index (Phi) is 7.35. The molecule has 0 aromatic carbocycles. The summed E-state index contributed by atoms with van der Waals surface area (Å²) in [6.07, 6.45) is 2.95. The molecule has 8 heteroatoms. The van der Waals surface area contributed by atoms with Crippen molar-refractivity contribution in [2.75, 3.05) is 5.75 Å². The largest absolute Gasteiger partial charge is 0.480 e. The lowest BCUT2D eigenvalue weighted by molar-refractivity contribution is -0.139. The normalized spacial score (nSPS) is 22.5. The summed E-state index contributed by atoms with van der Waals surface area (Å²) in [7, 11) is 0. The number of primary amides is 1. The van der Waals surface area contributed by atoms with E-state index in [9.17, 15) is 14.4 Å². The minimum atomic E-state index is -1.17. The second-order valence-electron chi connectivity index (χ2n) is 5.04. The Morgan fingerprint density at radius 3 is 2.67 bits per heavy atom. The maximum absolute atomic E-state index is 11.9. The third-order valence-corrected chi connectivity index (χ3v) is 4.76. The van der Waals surface area contributed by atoms with Crippen LogP contribution in [0.5, 0.6) is 0 Å². The highest BCUT2D eigenvalue weighted by molar-refractivity contribution is 7.99. The number of rotatable bonds is 8. The van der Waals surface area contributed by atoms with Gasteiger partial charge in [0.15, 0.2) is 0 Å². The number of carboxylic acid groups (broad SMARTS) is 1. The number of hydrogen-bond donors (Lipinski definition) is 4. The molecule has 1 fully saturated rings. The summed E-state index contributed by atoms with van der Waals surface area (Å²) in [5.74, 6) is -0.767. The van der Waals surface area contributed by atoms with E-state index >= 15 is 0 Å². The number of carboxylic acids is 1. The SMILES string of the molecule is CCSC1CCCC1NC(=O)NC(CCC(N)=O)C(=O)O. The summed E-state index contributed by atoms with van der Waals surface area (Å²) < 4.78 is 0. The van der Waals surface area contributed by atoms with E-state index in [2.05, 4.69) is 17.6 Å². The fourth-order valence-corrected chi connectivity index (χ4v) is 3.61. The smallest absolute Gasteiger partial charge is 0.326 e. The van der Waals surface area contributed by atoms with E-state index in [1.807, 2.05) is 11.8 Å². The van der Waals surface area contributed by atoms with Gasteiger partial charge in [0, 0.05) is 17.7 Å². The second kappa shape index (κ2) is 8.76. The topological polar surface area (TPSA) is 122 Å². The summed E-state index contributed by atoms with van der Waals surface area (Å²) >= 11 is 1.81. The third kappa shape index (κ3) is 6.24. The number of amides is 3. The molecule has 0 heterocycles. The lowest BCUT2D eigenvalue weighted by Gasteiger charge is -2.22. The van der Waals surface area contributed by atoms with Crippen molar-refractivity contribution in [3.8, 4) is 0 Å². The number of nitrogens with one attached hydrogen (secondary N) is 2. The van der Waals surface area contributed by atoms with Crippen LogP contribution in [0, 0.1) is 0 Å². The molecular weight excluding hydrogens is 294 g/mol. The maximum Gasteiger partial charge on any atom is 0.326 e. The number of aliphatic carboxylic acids is 1. The van der Waals surface area contributed by atoms with Gasteiger partial charge in [0.25, 0.3) is 0 Å². The van der Waals surface area contributed by atoms with Crippen LogP contribution in [0.2, 0.25) is 0 Å². The van der Waals surface area contributed by atoms with Gasteiger partial charge >= 0.3 is 12.0 Å². The minimum Gasteiger partial charge on any atom is -0.480 e. The summed E-state index contributed by atoms with van der Waals surface area (Å²) in [5, 5.41) is 14.6. The molecule has 1 aliphatic rings. The monoisotopic (exact) mass is 317 g/mol. The van der Waals surface area contributed by atoms with Crippen LogP contribution in [0.3, 0.4) is 0 Å². The first-order chi connectivity index (χ1) is 9.93. The zero-order valence-corrected chi connectivity index (χ0v) is 12.9. The van der Waals surface area contributed by atoms with Crippen molar-refractivity contribution in [1.29, 1.82) is 0 Å². The number of hydrogen-bond acceptors (Lipinski definition) is 4. The summed E-state index contributed by atoms with van der Waals surface area (Å²) in [6.45, 7) is 2.07. The first kappa shape index (κ1) is 17.6. The molecule has 0 spiro atoms. The molecule has 3 amide bonds. The third-order valence-electron chi connectivity index (χ3n) is 3.43. The van der Waals surface area contributed by atoms with Gasteiger partial charge in [-0.25, -0.2) is 9.59 Å². The standard InChI is InChI=1S/C13H23N3O4S/c1-2-21-10-5-3-4-8(10)15-13(20)16-9(12(18)19)6-7-11(14)17/h8-10H,2-7H2,1H3,(H2,14,17)(H,18,19)(H2,15,16,20). The average Bonchev–Trinajstić information content (AvgIpc) is 2.81. The fraction of sp³-hybridized carbons (Fsp3) is 0.769. The van der Waals surface area contributed by atoms with Crippen LogP contribution in [0.1, 0.15) is 39.0 Å². The predicted molar refractivity (Wildman–Crippen MR) is 81.1 cm³/mol. The molecule has 120 valence electrons. The van der Waals surface area contributed by atoms with Gasteiger partial charge in [0.2, 0.25) is 5.91 Å². The lowest BCUT2D eigenvalue weighted by Crippen LogP contribution is -2.50. The maximum atomic E-state index is 11.9. The van der Waals surface area contributed by atoms with E-state index in [0.717, 1.165) is 25.0 Å². The van der Waals surface area contributed by atoms with Crippen LogP contribution >= 0.6 is 11.8 Å². The molecule has 1 saturated carbocycles. The Bertz CT molecular complexity index is 392. The lowest BCUT2D eigenvalue weighted by atomic mass is 10.1. The molecule has 1 aliphatic carbocycles. The highest BCUT2D eigenvalue weighted by Crippen LogP contribution is 2.29. The van der Waals surface area contributed by atoms with Crippen molar-refractivity contribution in [3.05, 3.63) is 0 Å². The van der Waals surface area contributed by atoms with Crippen LogP contribution < -0.4 is 16.4 Å². The van der Waals surface area contributed by atoms with Crippen molar-refractivity contribution in [3.63, 3.8) is 0 Å². The number of thioether (sulfide) groups is 1. The molecule has 1 rings (SSSR count). The molecule has 0 saturated heterocycles. The first-order valence-electron chi connectivity index (χ1n) is 7.13. The van der Waals surface area contributed by atoms with Crippen LogP contribution in [0.25, 0.3) is 0 Å². The average molecular weight is 317 g/mol. The van der Waals surface area contributed by atoms with Crippen molar-refractivity contribution < 1.29 is 19.5 Å². The Hall–Kier alpha value is -1.44. The van der Waals surface area contributed by atoms with Gasteiger partial charge in [0.1, 0.15) is 6.04 Å². The Balaban J connectivity index is 2.46. The van der Waals surface area contributed by atoms with Gasteiger partial charge in [-0.05, 0) is 25.0 Å². The molecular formula is C13H23N3O4S. The van der Waals surface area contributed by atoms with E-state index in [4.69, 9.17) is 10.8 Å². The Morgan fingerprint density at radius 1 is 1.38 bits per heavy atom. The molecule has 3 unspecified atom stereocenters. The summed E-state index contributed by atoms with van der Waals surface area (Å²) in [4.78, 5) is 33.7. The molecule has 5 N–H and O–H groups in total. The van der Waals surface area contributed by atoms with Gasteiger partial charge in [0.05, 0.1) is 0 Å². The zero-order chi connectivity index (χ0) is 15.8. The zero-order valence-electron chi connectivity index (χ0n) is 12.1. The Morgan fingerprint density at radius 2 is 2.10 bits per heavy atom. The molecule has 0 aliphatic heterocycles. The molecule has 0 aromatic heterocycles. The summed E-state index contributed by atoms with van der Waals surface area (Å²) in [5.41, 5.74) is 4.99. The fourth-order valence-electron chi connectivity index (χ4n) is 2.42. The van der Waals surface area contributed by atoms with E-state index < -0.39 is 23.9 Å². The van der Waals surface area contributed by atoms with Crippen LogP contribution in [-0.2, 0) is 9.59 Å². The van der Waals surface area contributed by atoms with Crippen LogP contribution in [0.4, 0.5) is 4.79 Å². The molecule has 3 atom stereocenters. The highest BCUT2D eigenvalue weighted by Gasteiger charge is 2.29. The number of carbonyl (C=O) groups excluding carboxylic acids is 2.